The number of para-hydroxylation sites is 1. The summed E-state index contributed by atoms with van der Waals surface area (Å²) in [7, 11) is 1.67. The molecule has 94 valence electrons. The number of fused-ring (bicyclic) bond motifs is 1. The number of hydrogen-bond acceptors (Lipinski definition) is 2. The van der Waals surface area contributed by atoms with E-state index in [4.69, 9.17) is 9.72 Å². The standard InChI is InChI=1S/C16H12INO/c1-19-13-8-6-11(7-9-13)16-14(17)10-12-4-2-3-5-15(12)18-16/h2-10H,1H3. The van der Waals surface area contributed by atoms with Crippen LogP contribution in [0.2, 0.25) is 0 Å². The van der Waals surface area contributed by atoms with Gasteiger partial charge in [0.05, 0.1) is 18.3 Å². The molecular formula is C16H12INO. The number of ether oxygens (including phenoxy) is 1. The van der Waals surface area contributed by atoms with Gasteiger partial charge in [0, 0.05) is 14.5 Å². The van der Waals surface area contributed by atoms with Crippen molar-refractivity contribution in [1.29, 1.82) is 0 Å². The minimum atomic E-state index is 0.861. The number of methoxy groups -OCH3 is 1. The monoisotopic (exact) mass is 361 g/mol. The molecule has 0 unspecified atom stereocenters. The van der Waals surface area contributed by atoms with Gasteiger partial charge in [0.2, 0.25) is 0 Å². The predicted octanol–water partition coefficient (Wildman–Crippen LogP) is 4.52. The van der Waals surface area contributed by atoms with Gasteiger partial charge in [-0.15, -0.1) is 0 Å². The number of aromatic nitrogens is 1. The molecule has 1 heterocycles. The quantitative estimate of drug-likeness (QED) is 0.627. The molecule has 3 heteroatoms. The van der Waals surface area contributed by atoms with Crippen LogP contribution in [-0.2, 0) is 0 Å². The van der Waals surface area contributed by atoms with Gasteiger partial charge in [-0.2, -0.15) is 0 Å². The Bertz CT molecular complexity index is 722. The van der Waals surface area contributed by atoms with E-state index in [0.29, 0.717) is 0 Å². The summed E-state index contributed by atoms with van der Waals surface area (Å²) in [5.41, 5.74) is 3.15. The summed E-state index contributed by atoms with van der Waals surface area (Å²) in [6.07, 6.45) is 0. The first-order valence-electron chi connectivity index (χ1n) is 5.97. The third kappa shape index (κ3) is 2.42. The molecule has 0 aliphatic rings. The zero-order chi connectivity index (χ0) is 13.2. The van der Waals surface area contributed by atoms with Gasteiger partial charge in [-0.05, 0) is 59.0 Å². The van der Waals surface area contributed by atoms with Crippen molar-refractivity contribution in [3.63, 3.8) is 0 Å². The van der Waals surface area contributed by atoms with Crippen molar-refractivity contribution in [3.05, 3.63) is 58.2 Å². The Labute approximate surface area is 125 Å². The molecule has 0 aliphatic heterocycles. The highest BCUT2D eigenvalue weighted by molar-refractivity contribution is 14.1. The summed E-state index contributed by atoms with van der Waals surface area (Å²) < 4.78 is 6.34. The number of nitrogens with zero attached hydrogens (tertiary/aromatic N) is 1. The molecule has 0 amide bonds. The maximum absolute atomic E-state index is 5.18. The van der Waals surface area contributed by atoms with Gasteiger partial charge < -0.3 is 4.74 Å². The van der Waals surface area contributed by atoms with Crippen LogP contribution in [0, 0.1) is 3.57 Å². The van der Waals surface area contributed by atoms with Gasteiger partial charge in [-0.25, -0.2) is 4.98 Å². The normalized spacial score (nSPS) is 10.6. The lowest BCUT2D eigenvalue weighted by Gasteiger charge is -2.07. The van der Waals surface area contributed by atoms with Crippen molar-refractivity contribution in [2.75, 3.05) is 7.11 Å². The summed E-state index contributed by atoms with van der Waals surface area (Å²) in [5.74, 6) is 0.861. The Hall–Kier alpha value is -1.62. The molecule has 3 rings (SSSR count). The predicted molar refractivity (Wildman–Crippen MR) is 86.4 cm³/mol. The summed E-state index contributed by atoms with van der Waals surface area (Å²) in [5, 5.41) is 1.17. The lowest BCUT2D eigenvalue weighted by atomic mass is 10.1. The van der Waals surface area contributed by atoms with Crippen molar-refractivity contribution < 1.29 is 4.74 Å². The smallest absolute Gasteiger partial charge is 0.118 e. The minimum absolute atomic E-state index is 0.861. The van der Waals surface area contributed by atoms with Crippen molar-refractivity contribution in [1.82, 2.24) is 4.98 Å². The molecule has 0 saturated heterocycles. The molecule has 0 saturated carbocycles. The number of pyridine rings is 1. The van der Waals surface area contributed by atoms with Gasteiger partial charge in [-0.1, -0.05) is 18.2 Å². The molecule has 0 radical (unpaired) electrons. The van der Waals surface area contributed by atoms with Gasteiger partial charge >= 0.3 is 0 Å². The van der Waals surface area contributed by atoms with E-state index >= 15 is 0 Å². The van der Waals surface area contributed by atoms with Crippen molar-refractivity contribution in [3.8, 4) is 17.0 Å². The average molecular weight is 361 g/mol. The van der Waals surface area contributed by atoms with Crippen molar-refractivity contribution in [2.45, 2.75) is 0 Å². The van der Waals surface area contributed by atoms with Gasteiger partial charge in [-0.3, -0.25) is 0 Å². The maximum atomic E-state index is 5.18. The van der Waals surface area contributed by atoms with Gasteiger partial charge in [0.15, 0.2) is 0 Å². The molecule has 0 spiro atoms. The van der Waals surface area contributed by atoms with Crippen LogP contribution in [0.15, 0.2) is 54.6 Å². The Morgan fingerprint density at radius 1 is 1.00 bits per heavy atom. The Balaban J connectivity index is 2.15. The van der Waals surface area contributed by atoms with Gasteiger partial charge in [0.25, 0.3) is 0 Å². The Morgan fingerprint density at radius 3 is 2.47 bits per heavy atom. The summed E-state index contributed by atoms with van der Waals surface area (Å²) in [4.78, 5) is 4.75. The highest BCUT2D eigenvalue weighted by Crippen LogP contribution is 2.28. The van der Waals surface area contributed by atoms with Crippen molar-refractivity contribution in [2.24, 2.45) is 0 Å². The van der Waals surface area contributed by atoms with E-state index in [9.17, 15) is 0 Å². The first kappa shape index (κ1) is 12.4. The molecule has 1 aromatic heterocycles. The highest BCUT2D eigenvalue weighted by Gasteiger charge is 2.07. The van der Waals surface area contributed by atoms with Crippen LogP contribution < -0.4 is 4.74 Å². The fourth-order valence-electron chi connectivity index (χ4n) is 2.04. The van der Waals surface area contributed by atoms with E-state index in [0.717, 1.165) is 26.1 Å². The minimum Gasteiger partial charge on any atom is -0.497 e. The molecule has 3 aromatic rings. The molecule has 19 heavy (non-hydrogen) atoms. The molecule has 0 bridgehead atoms. The molecule has 2 aromatic carbocycles. The first-order chi connectivity index (χ1) is 9.28. The van der Waals surface area contributed by atoms with Crippen LogP contribution in [0.5, 0.6) is 5.75 Å². The van der Waals surface area contributed by atoms with E-state index in [1.165, 1.54) is 5.39 Å². The van der Waals surface area contributed by atoms with Crippen LogP contribution in [-0.4, -0.2) is 12.1 Å². The molecular weight excluding hydrogens is 349 g/mol. The highest BCUT2D eigenvalue weighted by atomic mass is 127. The van der Waals surface area contributed by atoms with E-state index in [-0.39, 0.29) is 0 Å². The molecule has 0 atom stereocenters. The second kappa shape index (κ2) is 5.17. The largest absolute Gasteiger partial charge is 0.497 e. The molecule has 0 aliphatic carbocycles. The number of rotatable bonds is 2. The Kier molecular flexibility index (Phi) is 3.38. The second-order valence-corrected chi connectivity index (χ2v) is 5.40. The maximum Gasteiger partial charge on any atom is 0.118 e. The fraction of sp³-hybridized carbons (Fsp3) is 0.0625. The van der Waals surface area contributed by atoms with E-state index in [1.54, 1.807) is 7.11 Å². The topological polar surface area (TPSA) is 22.1 Å². The fourth-order valence-corrected chi connectivity index (χ4v) is 2.81. The van der Waals surface area contributed by atoms with E-state index in [1.807, 2.05) is 42.5 Å². The first-order valence-corrected chi connectivity index (χ1v) is 7.05. The lowest BCUT2D eigenvalue weighted by Crippen LogP contribution is -1.90. The third-order valence-corrected chi connectivity index (χ3v) is 3.86. The van der Waals surface area contributed by atoms with E-state index < -0.39 is 0 Å². The summed E-state index contributed by atoms with van der Waals surface area (Å²) in [6, 6.07) is 18.3. The summed E-state index contributed by atoms with van der Waals surface area (Å²) >= 11 is 2.34. The summed E-state index contributed by atoms with van der Waals surface area (Å²) in [6.45, 7) is 0. The molecule has 2 nitrogen and oxygen atoms in total. The van der Waals surface area contributed by atoms with Crippen LogP contribution in [0.4, 0.5) is 0 Å². The lowest BCUT2D eigenvalue weighted by molar-refractivity contribution is 0.415. The zero-order valence-corrected chi connectivity index (χ0v) is 12.6. The van der Waals surface area contributed by atoms with Crippen LogP contribution >= 0.6 is 22.6 Å². The SMILES string of the molecule is COc1ccc(-c2nc3ccccc3cc2I)cc1. The average Bonchev–Trinajstić information content (AvgIpc) is 2.47. The Morgan fingerprint density at radius 2 is 1.74 bits per heavy atom. The molecule has 0 N–H and O–H groups in total. The number of benzene rings is 2. The van der Waals surface area contributed by atoms with Crippen LogP contribution in [0.3, 0.4) is 0 Å². The number of halogens is 1. The zero-order valence-electron chi connectivity index (χ0n) is 10.4. The number of hydrogen-bond donors (Lipinski definition) is 0. The van der Waals surface area contributed by atoms with E-state index in [2.05, 4.69) is 34.7 Å². The second-order valence-electron chi connectivity index (χ2n) is 4.24. The van der Waals surface area contributed by atoms with Crippen molar-refractivity contribution >= 4 is 33.5 Å². The third-order valence-electron chi connectivity index (χ3n) is 3.04. The van der Waals surface area contributed by atoms with Gasteiger partial charge in [0.1, 0.15) is 5.75 Å². The van der Waals surface area contributed by atoms with Crippen LogP contribution in [0.25, 0.3) is 22.2 Å². The molecule has 0 fully saturated rings. The van der Waals surface area contributed by atoms with Crippen LogP contribution in [0.1, 0.15) is 0 Å².